The Labute approximate surface area is 234 Å². The molecule has 3 aromatic rings. The lowest BCUT2D eigenvalue weighted by atomic mass is 9.97. The highest BCUT2D eigenvalue weighted by atomic mass is 16.5. The van der Waals surface area contributed by atoms with Crippen LogP contribution in [0.15, 0.2) is 48.7 Å². The maximum atomic E-state index is 13.2. The Balaban J connectivity index is 1.11. The summed E-state index contributed by atoms with van der Waals surface area (Å²) in [6.07, 6.45) is 7.75. The zero-order chi connectivity index (χ0) is 28.2. The van der Waals surface area contributed by atoms with Crippen molar-refractivity contribution >= 4 is 34.8 Å². The van der Waals surface area contributed by atoms with Gasteiger partial charge in [-0.3, -0.25) is 14.4 Å². The van der Waals surface area contributed by atoms with Crippen molar-refractivity contribution in [1.82, 2.24) is 9.47 Å². The molecule has 9 heteroatoms. The lowest BCUT2D eigenvalue weighted by molar-refractivity contribution is -0.116. The highest BCUT2D eigenvalue weighted by Gasteiger charge is 2.32. The number of ether oxygens (including phenoxy) is 1. The van der Waals surface area contributed by atoms with Crippen LogP contribution in [-0.2, 0) is 18.3 Å². The SMILES string of the molecule is Cc1cc2c(cc1OCCCC(=O)Nc1cc(C(=O)Nc3ccc(N)cc3)n(C)c1)CC[C@@H]1CCCCN1C2=O. The molecule has 2 aliphatic heterocycles. The third kappa shape index (κ3) is 6.14. The van der Waals surface area contributed by atoms with Crippen molar-refractivity contribution in [3.63, 3.8) is 0 Å². The van der Waals surface area contributed by atoms with Gasteiger partial charge in [-0.2, -0.15) is 0 Å². The van der Waals surface area contributed by atoms with E-state index in [-0.39, 0.29) is 24.1 Å². The number of rotatable bonds is 8. The summed E-state index contributed by atoms with van der Waals surface area (Å²) in [6.45, 7) is 3.20. The van der Waals surface area contributed by atoms with E-state index in [1.807, 2.05) is 19.1 Å². The number of anilines is 3. The highest BCUT2D eigenvalue weighted by Crippen LogP contribution is 2.32. The number of nitrogens with two attached hydrogens (primary N) is 1. The van der Waals surface area contributed by atoms with Gasteiger partial charge in [-0.05, 0) is 99.0 Å². The number of nitrogens with one attached hydrogen (secondary N) is 2. The van der Waals surface area contributed by atoms with Crippen molar-refractivity contribution in [1.29, 1.82) is 0 Å². The summed E-state index contributed by atoms with van der Waals surface area (Å²) in [5.41, 5.74) is 10.7. The Morgan fingerprint density at radius 3 is 2.65 bits per heavy atom. The molecule has 9 nitrogen and oxygen atoms in total. The van der Waals surface area contributed by atoms with Crippen LogP contribution in [0.1, 0.15) is 70.5 Å². The number of hydrogen-bond acceptors (Lipinski definition) is 5. The average molecular weight is 544 g/mol. The summed E-state index contributed by atoms with van der Waals surface area (Å²) in [6, 6.07) is 12.9. The second kappa shape index (κ2) is 11.9. The van der Waals surface area contributed by atoms with Crippen molar-refractivity contribution in [2.45, 2.75) is 57.9 Å². The van der Waals surface area contributed by atoms with Gasteiger partial charge in [0.05, 0.1) is 12.3 Å². The number of aromatic nitrogens is 1. The van der Waals surface area contributed by atoms with Gasteiger partial charge < -0.3 is 30.6 Å². The molecule has 5 rings (SSSR count). The van der Waals surface area contributed by atoms with Crippen LogP contribution in [-0.4, -0.2) is 46.4 Å². The molecule has 0 spiro atoms. The average Bonchev–Trinajstić information content (AvgIpc) is 3.25. The molecule has 0 radical (unpaired) electrons. The van der Waals surface area contributed by atoms with Gasteiger partial charge in [0.25, 0.3) is 11.8 Å². The fourth-order valence-corrected chi connectivity index (χ4v) is 5.60. The van der Waals surface area contributed by atoms with E-state index < -0.39 is 0 Å². The molecule has 1 saturated heterocycles. The van der Waals surface area contributed by atoms with E-state index in [0.29, 0.717) is 41.8 Å². The van der Waals surface area contributed by atoms with Gasteiger partial charge in [0, 0.05) is 49.2 Å². The molecule has 1 aromatic heterocycles. The fourth-order valence-electron chi connectivity index (χ4n) is 5.60. The molecule has 1 atom stereocenters. The largest absolute Gasteiger partial charge is 0.493 e. The summed E-state index contributed by atoms with van der Waals surface area (Å²) in [5.74, 6) is 0.484. The molecule has 2 aliphatic rings. The van der Waals surface area contributed by atoms with Crippen LogP contribution in [0.4, 0.5) is 17.1 Å². The summed E-state index contributed by atoms with van der Waals surface area (Å²) in [5, 5.41) is 5.69. The number of piperidine rings is 1. The predicted molar refractivity (Wildman–Crippen MR) is 156 cm³/mol. The molecule has 1 fully saturated rings. The van der Waals surface area contributed by atoms with E-state index in [2.05, 4.69) is 15.5 Å². The van der Waals surface area contributed by atoms with Gasteiger partial charge in [0.1, 0.15) is 11.4 Å². The van der Waals surface area contributed by atoms with E-state index in [1.54, 1.807) is 48.1 Å². The molecule has 2 aromatic carbocycles. The standard InChI is InChI=1S/C31H37N5O4/c1-20-16-26-21(8-13-25-6-3-4-14-36(25)31(26)39)17-28(20)40-15-5-7-29(37)33-24-18-27(35(2)19-24)30(38)34-23-11-9-22(32)10-12-23/h9-12,16-19,25H,3-8,13-15,32H2,1-2H3,(H,33,37)(H,34,38)/t25-/m0/s1. The van der Waals surface area contributed by atoms with Gasteiger partial charge in [-0.1, -0.05) is 0 Å². The van der Waals surface area contributed by atoms with Gasteiger partial charge in [-0.15, -0.1) is 0 Å². The van der Waals surface area contributed by atoms with Crippen molar-refractivity contribution in [3.8, 4) is 5.75 Å². The maximum Gasteiger partial charge on any atom is 0.272 e. The number of nitrogens with zero attached hydrogens (tertiary/aromatic N) is 2. The molecule has 3 amide bonds. The van der Waals surface area contributed by atoms with E-state index in [9.17, 15) is 14.4 Å². The first-order valence-electron chi connectivity index (χ1n) is 14.0. The van der Waals surface area contributed by atoms with Crippen LogP contribution in [0, 0.1) is 6.92 Å². The minimum absolute atomic E-state index is 0.148. The van der Waals surface area contributed by atoms with E-state index in [0.717, 1.165) is 54.7 Å². The summed E-state index contributed by atoms with van der Waals surface area (Å²) < 4.78 is 7.72. The first kappa shape index (κ1) is 27.3. The van der Waals surface area contributed by atoms with E-state index >= 15 is 0 Å². The van der Waals surface area contributed by atoms with Crippen LogP contribution in [0.5, 0.6) is 5.75 Å². The topological polar surface area (TPSA) is 119 Å². The predicted octanol–water partition coefficient (Wildman–Crippen LogP) is 4.91. The van der Waals surface area contributed by atoms with Gasteiger partial charge in [0.2, 0.25) is 5.91 Å². The first-order valence-corrected chi connectivity index (χ1v) is 14.0. The third-order valence-corrected chi connectivity index (χ3v) is 7.76. The minimum atomic E-state index is -0.282. The zero-order valence-corrected chi connectivity index (χ0v) is 23.2. The van der Waals surface area contributed by atoms with Gasteiger partial charge in [-0.25, -0.2) is 0 Å². The fraction of sp³-hybridized carbons (Fsp3) is 0.387. The molecule has 0 unspecified atom stereocenters. The molecule has 3 heterocycles. The Kier molecular flexibility index (Phi) is 8.09. The summed E-state index contributed by atoms with van der Waals surface area (Å²) in [7, 11) is 1.75. The normalized spacial score (nSPS) is 16.5. The quantitative estimate of drug-likeness (QED) is 0.276. The summed E-state index contributed by atoms with van der Waals surface area (Å²) >= 11 is 0. The lowest BCUT2D eigenvalue weighted by Gasteiger charge is -2.34. The Morgan fingerprint density at radius 2 is 1.85 bits per heavy atom. The molecular formula is C31H37N5O4. The number of carbonyl (C=O) groups is 3. The smallest absolute Gasteiger partial charge is 0.272 e. The zero-order valence-electron chi connectivity index (χ0n) is 23.2. The molecule has 210 valence electrons. The van der Waals surface area contributed by atoms with Crippen molar-refractivity contribution < 1.29 is 19.1 Å². The molecule has 40 heavy (non-hydrogen) atoms. The second-order valence-electron chi connectivity index (χ2n) is 10.8. The molecule has 0 bridgehead atoms. The van der Waals surface area contributed by atoms with Crippen molar-refractivity contribution in [2.24, 2.45) is 7.05 Å². The number of amides is 3. The summed E-state index contributed by atoms with van der Waals surface area (Å²) in [4.78, 5) is 40.5. The first-order chi connectivity index (χ1) is 19.3. The minimum Gasteiger partial charge on any atom is -0.493 e. The Hall–Kier alpha value is -4.27. The lowest BCUT2D eigenvalue weighted by Crippen LogP contribution is -2.42. The Bertz CT molecular complexity index is 1410. The highest BCUT2D eigenvalue weighted by molar-refractivity contribution is 6.04. The second-order valence-corrected chi connectivity index (χ2v) is 10.8. The number of benzene rings is 2. The van der Waals surface area contributed by atoms with Gasteiger partial charge in [0.15, 0.2) is 0 Å². The van der Waals surface area contributed by atoms with E-state index in [1.165, 1.54) is 6.42 Å². The van der Waals surface area contributed by atoms with Gasteiger partial charge >= 0.3 is 0 Å². The van der Waals surface area contributed by atoms with Crippen LogP contribution < -0.4 is 21.1 Å². The van der Waals surface area contributed by atoms with Crippen molar-refractivity contribution in [2.75, 3.05) is 29.5 Å². The number of carbonyl (C=O) groups excluding carboxylic acids is 3. The molecule has 0 aliphatic carbocycles. The molecule has 4 N–H and O–H groups in total. The van der Waals surface area contributed by atoms with Crippen LogP contribution in [0.25, 0.3) is 0 Å². The number of aryl methyl sites for hydroxylation is 3. The van der Waals surface area contributed by atoms with Crippen LogP contribution in [0.2, 0.25) is 0 Å². The number of fused-ring (bicyclic) bond motifs is 2. The van der Waals surface area contributed by atoms with Crippen molar-refractivity contribution in [3.05, 3.63) is 71.0 Å². The maximum absolute atomic E-state index is 13.2. The number of nitrogen functional groups attached to an aromatic ring is 1. The molecule has 0 saturated carbocycles. The monoisotopic (exact) mass is 543 g/mol. The third-order valence-electron chi connectivity index (χ3n) is 7.76. The Morgan fingerprint density at radius 1 is 1.05 bits per heavy atom. The van der Waals surface area contributed by atoms with E-state index in [4.69, 9.17) is 10.5 Å². The van der Waals surface area contributed by atoms with Crippen LogP contribution in [0.3, 0.4) is 0 Å². The van der Waals surface area contributed by atoms with Crippen LogP contribution >= 0.6 is 0 Å². The number of hydrogen-bond donors (Lipinski definition) is 3. The molecular weight excluding hydrogens is 506 g/mol.